The first-order valence-electron chi connectivity index (χ1n) is 10.2. The Balaban J connectivity index is 1.79. The minimum Gasteiger partial charge on any atom is -0.378 e. The normalized spacial score (nSPS) is 14.7. The zero-order valence-corrected chi connectivity index (χ0v) is 19.1. The Kier molecular flexibility index (Phi) is 5.39. The number of benzene rings is 2. The first kappa shape index (κ1) is 19.8. The van der Waals surface area contributed by atoms with Gasteiger partial charge in [0.1, 0.15) is 11.3 Å². The molecule has 0 saturated carbocycles. The summed E-state index contributed by atoms with van der Waals surface area (Å²) in [6.07, 6.45) is 3.73. The van der Waals surface area contributed by atoms with E-state index < -0.39 is 0 Å². The number of fused-ring (bicyclic) bond motifs is 2. The lowest BCUT2D eigenvalue weighted by atomic mass is 10.1. The van der Waals surface area contributed by atoms with Crippen LogP contribution < -0.4 is 4.90 Å². The van der Waals surface area contributed by atoms with Crippen LogP contribution in [0.5, 0.6) is 0 Å². The molecule has 0 aliphatic carbocycles. The summed E-state index contributed by atoms with van der Waals surface area (Å²) in [6, 6.07) is 12.4. The Bertz CT molecular complexity index is 1230. The highest BCUT2D eigenvalue weighted by Crippen LogP contribution is 2.35. The minimum atomic E-state index is 0.658. The smallest absolute Gasteiger partial charge is 0.114 e. The zero-order valence-electron chi connectivity index (χ0n) is 16.7. The van der Waals surface area contributed by atoms with Crippen LogP contribution in [-0.4, -0.2) is 40.8 Å². The molecule has 5 nitrogen and oxygen atoms in total. The fraction of sp³-hybridized carbons (Fsp3) is 0.304. The fourth-order valence-electron chi connectivity index (χ4n) is 4.15. The van der Waals surface area contributed by atoms with Crippen LogP contribution in [0.1, 0.15) is 19.2 Å². The van der Waals surface area contributed by atoms with Gasteiger partial charge in [0, 0.05) is 41.3 Å². The summed E-state index contributed by atoms with van der Waals surface area (Å²) >= 11 is 10.2. The molecule has 1 aliphatic heterocycles. The van der Waals surface area contributed by atoms with E-state index in [2.05, 4.69) is 55.5 Å². The first-order chi connectivity index (χ1) is 14.7. The van der Waals surface area contributed by atoms with E-state index in [0.717, 1.165) is 77.1 Å². The third kappa shape index (κ3) is 3.37. The molecule has 30 heavy (non-hydrogen) atoms. The maximum atomic E-state index is 6.45. The van der Waals surface area contributed by atoms with Crippen LogP contribution in [0.2, 0.25) is 5.02 Å². The Morgan fingerprint density at radius 3 is 2.77 bits per heavy atom. The molecule has 1 aliphatic rings. The van der Waals surface area contributed by atoms with Crippen LogP contribution in [0.3, 0.4) is 0 Å². The number of morpholine rings is 1. The molecule has 2 aromatic heterocycles. The SMILES string of the molecule is CCCc1nc2c(Br)cc(N3CCOCC3)cc2n1-c1ccnc2c(Cl)cccc12. The lowest BCUT2D eigenvalue weighted by Gasteiger charge is -2.29. The third-order valence-electron chi connectivity index (χ3n) is 5.56. The molecular weight excluding hydrogens is 464 g/mol. The number of halogens is 2. The number of aromatic nitrogens is 3. The van der Waals surface area contributed by atoms with E-state index in [1.807, 2.05) is 24.4 Å². The summed E-state index contributed by atoms with van der Waals surface area (Å²) in [6.45, 7) is 5.47. The molecule has 0 N–H and O–H groups in total. The van der Waals surface area contributed by atoms with Gasteiger partial charge in [-0.05, 0) is 46.6 Å². The number of ether oxygens (including phenoxy) is 1. The molecule has 1 saturated heterocycles. The Morgan fingerprint density at radius 2 is 1.97 bits per heavy atom. The van der Waals surface area contributed by atoms with Crippen molar-refractivity contribution >= 4 is 55.2 Å². The predicted octanol–water partition coefficient (Wildman–Crippen LogP) is 5.78. The highest BCUT2D eigenvalue weighted by atomic mass is 79.9. The average Bonchev–Trinajstić information content (AvgIpc) is 3.13. The van der Waals surface area contributed by atoms with E-state index in [-0.39, 0.29) is 0 Å². The van der Waals surface area contributed by atoms with Gasteiger partial charge < -0.3 is 9.64 Å². The maximum absolute atomic E-state index is 6.45. The Labute approximate surface area is 188 Å². The van der Waals surface area contributed by atoms with Gasteiger partial charge >= 0.3 is 0 Å². The van der Waals surface area contributed by atoms with Crippen molar-refractivity contribution in [2.45, 2.75) is 19.8 Å². The second-order valence-corrected chi connectivity index (χ2v) is 8.74. The molecule has 1 fully saturated rings. The second kappa shape index (κ2) is 8.17. The molecule has 4 aromatic rings. The van der Waals surface area contributed by atoms with Crippen LogP contribution in [0, 0.1) is 0 Å². The highest BCUT2D eigenvalue weighted by molar-refractivity contribution is 9.10. The van der Waals surface area contributed by atoms with Gasteiger partial charge in [0.2, 0.25) is 0 Å². The van der Waals surface area contributed by atoms with Crippen molar-refractivity contribution < 1.29 is 4.74 Å². The van der Waals surface area contributed by atoms with Gasteiger partial charge in [-0.25, -0.2) is 4.98 Å². The third-order valence-corrected chi connectivity index (χ3v) is 6.47. The van der Waals surface area contributed by atoms with Crippen LogP contribution >= 0.6 is 27.5 Å². The quantitative estimate of drug-likeness (QED) is 0.367. The second-order valence-electron chi connectivity index (χ2n) is 7.47. The van der Waals surface area contributed by atoms with E-state index in [4.69, 9.17) is 21.3 Å². The molecule has 0 bridgehead atoms. The van der Waals surface area contributed by atoms with Crippen LogP contribution in [-0.2, 0) is 11.2 Å². The van der Waals surface area contributed by atoms with Crippen molar-refractivity contribution in [3.63, 3.8) is 0 Å². The minimum absolute atomic E-state index is 0.658. The first-order valence-corrected chi connectivity index (χ1v) is 11.4. The van der Waals surface area contributed by atoms with Crippen LogP contribution in [0.25, 0.3) is 27.6 Å². The summed E-state index contributed by atoms with van der Waals surface area (Å²) in [5.74, 6) is 1.04. The van der Waals surface area contributed by atoms with Crippen molar-refractivity contribution in [2.24, 2.45) is 0 Å². The number of aryl methyl sites for hydroxylation is 1. The number of hydrogen-bond donors (Lipinski definition) is 0. The van der Waals surface area contributed by atoms with Crippen LogP contribution in [0.15, 0.2) is 47.1 Å². The van der Waals surface area contributed by atoms with E-state index in [9.17, 15) is 0 Å². The number of imidazole rings is 1. The van der Waals surface area contributed by atoms with Crippen LogP contribution in [0.4, 0.5) is 5.69 Å². The van der Waals surface area contributed by atoms with Crippen molar-refractivity contribution in [2.75, 3.05) is 31.2 Å². The standard InChI is InChI=1S/C23H22BrClN4O/c1-2-4-21-27-23-17(24)13-15(28-9-11-30-12-10-28)14-20(23)29(21)19-7-8-26-22-16(19)5-3-6-18(22)25/h3,5-8,13-14H,2,4,9-12H2,1H3. The Hall–Kier alpha value is -2.15. The van der Waals surface area contributed by atoms with Gasteiger partial charge in [-0.3, -0.25) is 9.55 Å². The highest BCUT2D eigenvalue weighted by Gasteiger charge is 2.20. The molecule has 0 amide bonds. The van der Waals surface area contributed by atoms with Crippen molar-refractivity contribution in [3.05, 3.63) is 57.9 Å². The largest absolute Gasteiger partial charge is 0.378 e. The van der Waals surface area contributed by atoms with Crippen molar-refractivity contribution in [3.8, 4) is 5.69 Å². The number of rotatable bonds is 4. The van der Waals surface area contributed by atoms with E-state index >= 15 is 0 Å². The van der Waals surface area contributed by atoms with E-state index in [1.165, 1.54) is 5.69 Å². The Morgan fingerprint density at radius 1 is 1.13 bits per heavy atom. The van der Waals surface area contributed by atoms with Gasteiger partial charge in [-0.15, -0.1) is 0 Å². The summed E-state index contributed by atoms with van der Waals surface area (Å²) in [7, 11) is 0. The number of anilines is 1. The molecule has 0 radical (unpaired) electrons. The number of nitrogens with zero attached hydrogens (tertiary/aromatic N) is 4. The molecule has 7 heteroatoms. The molecule has 5 rings (SSSR count). The summed E-state index contributed by atoms with van der Waals surface area (Å²) in [5.41, 5.74) is 5.10. The zero-order chi connectivity index (χ0) is 20.7. The summed E-state index contributed by atoms with van der Waals surface area (Å²) in [5, 5.41) is 1.68. The monoisotopic (exact) mass is 484 g/mol. The molecular formula is C23H22BrClN4O. The molecule has 154 valence electrons. The molecule has 0 unspecified atom stereocenters. The van der Waals surface area contributed by atoms with Gasteiger partial charge in [0.25, 0.3) is 0 Å². The molecule has 3 heterocycles. The van der Waals surface area contributed by atoms with E-state index in [1.54, 1.807) is 0 Å². The molecule has 2 aromatic carbocycles. The topological polar surface area (TPSA) is 43.2 Å². The number of hydrogen-bond acceptors (Lipinski definition) is 4. The maximum Gasteiger partial charge on any atom is 0.114 e. The average molecular weight is 486 g/mol. The van der Waals surface area contributed by atoms with Gasteiger partial charge in [0.15, 0.2) is 0 Å². The molecule has 0 spiro atoms. The van der Waals surface area contributed by atoms with E-state index in [0.29, 0.717) is 5.02 Å². The van der Waals surface area contributed by atoms with Gasteiger partial charge in [-0.1, -0.05) is 30.7 Å². The fourth-order valence-corrected chi connectivity index (χ4v) is 4.90. The number of para-hydroxylation sites is 1. The van der Waals surface area contributed by atoms with Gasteiger partial charge in [-0.2, -0.15) is 0 Å². The lowest BCUT2D eigenvalue weighted by Crippen LogP contribution is -2.36. The van der Waals surface area contributed by atoms with Gasteiger partial charge in [0.05, 0.1) is 35.0 Å². The number of pyridine rings is 1. The lowest BCUT2D eigenvalue weighted by molar-refractivity contribution is 0.122. The predicted molar refractivity (Wildman–Crippen MR) is 126 cm³/mol. The summed E-state index contributed by atoms with van der Waals surface area (Å²) < 4.78 is 8.82. The van der Waals surface area contributed by atoms with Crippen molar-refractivity contribution in [1.29, 1.82) is 0 Å². The molecule has 0 atom stereocenters. The summed E-state index contributed by atoms with van der Waals surface area (Å²) in [4.78, 5) is 11.9. The van der Waals surface area contributed by atoms with Crippen molar-refractivity contribution in [1.82, 2.24) is 14.5 Å².